The number of hydrogen-bond acceptors (Lipinski definition) is 6. The maximum atomic E-state index is 13.5. The zero-order valence-corrected chi connectivity index (χ0v) is 21.0. The Morgan fingerprint density at radius 2 is 1.83 bits per heavy atom. The van der Waals surface area contributed by atoms with Gasteiger partial charge in [0.15, 0.2) is 11.5 Å². The Kier molecular flexibility index (Phi) is 7.05. The van der Waals surface area contributed by atoms with E-state index in [0.717, 1.165) is 16.9 Å². The van der Waals surface area contributed by atoms with Gasteiger partial charge < -0.3 is 29.3 Å². The van der Waals surface area contributed by atoms with Gasteiger partial charge in [0, 0.05) is 23.6 Å². The summed E-state index contributed by atoms with van der Waals surface area (Å²) in [6.07, 6.45) is 3.56. The van der Waals surface area contributed by atoms with Crippen LogP contribution in [0.4, 0.5) is 0 Å². The average molecular weight is 491 g/mol. The first kappa shape index (κ1) is 24.9. The van der Waals surface area contributed by atoms with E-state index in [4.69, 9.17) is 18.6 Å². The summed E-state index contributed by atoms with van der Waals surface area (Å²) in [5, 5.41) is 5.81. The van der Waals surface area contributed by atoms with E-state index in [2.05, 4.69) is 10.6 Å². The molecule has 2 heterocycles. The molecule has 0 saturated heterocycles. The quantitative estimate of drug-likeness (QED) is 0.462. The Labute approximate surface area is 210 Å². The summed E-state index contributed by atoms with van der Waals surface area (Å²) in [6.45, 7) is 5.95. The molecule has 2 aromatic carbocycles. The van der Waals surface area contributed by atoms with Crippen LogP contribution in [-0.2, 0) is 4.79 Å². The van der Waals surface area contributed by atoms with E-state index in [-0.39, 0.29) is 11.7 Å². The first-order valence-electron chi connectivity index (χ1n) is 11.6. The molecule has 1 aliphatic rings. The van der Waals surface area contributed by atoms with E-state index in [9.17, 15) is 9.59 Å². The van der Waals surface area contributed by atoms with E-state index in [1.807, 2.05) is 39.0 Å². The van der Waals surface area contributed by atoms with Gasteiger partial charge in [-0.2, -0.15) is 0 Å². The monoisotopic (exact) mass is 490 g/mol. The van der Waals surface area contributed by atoms with Crippen molar-refractivity contribution in [2.24, 2.45) is 0 Å². The standard InChI is InChI=1S/C28H30N2O6/c1-17-8-10-23-20(13-17)22(16-28(2,3)36-23)30-27(32)21(15-19-7-6-12-35-19)29-26(31)18-9-11-24(33-4)25(14-18)34-5/h6-15,22H,16H2,1-5H3,(H,29,31)(H,30,32)/b21-15-/t22-/m1/s1. The lowest BCUT2D eigenvalue weighted by molar-refractivity contribution is -0.119. The predicted molar refractivity (Wildman–Crippen MR) is 135 cm³/mol. The van der Waals surface area contributed by atoms with Crippen LogP contribution < -0.4 is 24.8 Å². The summed E-state index contributed by atoms with van der Waals surface area (Å²) in [7, 11) is 3.01. The van der Waals surface area contributed by atoms with Crippen LogP contribution in [0.15, 0.2) is 64.9 Å². The molecule has 0 radical (unpaired) electrons. The minimum absolute atomic E-state index is 0.0447. The largest absolute Gasteiger partial charge is 0.493 e. The normalized spacial score (nSPS) is 16.4. The van der Waals surface area contributed by atoms with Gasteiger partial charge in [0.2, 0.25) is 0 Å². The highest BCUT2D eigenvalue weighted by Crippen LogP contribution is 2.40. The fraction of sp³-hybridized carbons (Fsp3) is 0.286. The summed E-state index contributed by atoms with van der Waals surface area (Å²) < 4.78 is 22.1. The molecular weight excluding hydrogens is 460 g/mol. The van der Waals surface area contributed by atoms with Crippen LogP contribution in [-0.4, -0.2) is 31.6 Å². The third-order valence-electron chi connectivity index (χ3n) is 5.90. The molecule has 1 aliphatic heterocycles. The van der Waals surface area contributed by atoms with Gasteiger partial charge in [-0.3, -0.25) is 9.59 Å². The van der Waals surface area contributed by atoms with Gasteiger partial charge in [-0.05, 0) is 57.2 Å². The van der Waals surface area contributed by atoms with Gasteiger partial charge in [0.1, 0.15) is 22.8 Å². The van der Waals surface area contributed by atoms with Crippen LogP contribution >= 0.6 is 0 Å². The van der Waals surface area contributed by atoms with Crippen LogP contribution in [0.5, 0.6) is 17.2 Å². The van der Waals surface area contributed by atoms with E-state index in [1.54, 1.807) is 30.3 Å². The first-order chi connectivity index (χ1) is 17.2. The number of hydrogen-bond donors (Lipinski definition) is 2. The second-order valence-electron chi connectivity index (χ2n) is 9.23. The third-order valence-corrected chi connectivity index (χ3v) is 5.90. The lowest BCUT2D eigenvalue weighted by Crippen LogP contribution is -2.43. The second kappa shape index (κ2) is 10.2. The molecule has 36 heavy (non-hydrogen) atoms. The lowest BCUT2D eigenvalue weighted by Gasteiger charge is -2.38. The van der Waals surface area contributed by atoms with Crippen LogP contribution in [0.3, 0.4) is 0 Å². The molecule has 188 valence electrons. The number of rotatable bonds is 7. The van der Waals surface area contributed by atoms with Gasteiger partial charge in [-0.25, -0.2) is 0 Å². The molecule has 1 atom stereocenters. The number of carbonyl (C=O) groups excluding carboxylic acids is 2. The zero-order valence-electron chi connectivity index (χ0n) is 21.0. The van der Waals surface area contributed by atoms with E-state index >= 15 is 0 Å². The maximum absolute atomic E-state index is 13.5. The minimum Gasteiger partial charge on any atom is -0.493 e. The Bertz CT molecular complexity index is 1290. The van der Waals surface area contributed by atoms with Gasteiger partial charge in [0.25, 0.3) is 11.8 Å². The van der Waals surface area contributed by atoms with E-state index < -0.39 is 17.4 Å². The van der Waals surface area contributed by atoms with Crippen molar-refractivity contribution in [1.82, 2.24) is 10.6 Å². The molecule has 0 aliphatic carbocycles. The number of carbonyl (C=O) groups is 2. The lowest BCUT2D eigenvalue weighted by atomic mass is 9.89. The van der Waals surface area contributed by atoms with Crippen molar-refractivity contribution in [3.63, 3.8) is 0 Å². The molecular formula is C28H30N2O6. The zero-order chi connectivity index (χ0) is 25.9. The van der Waals surface area contributed by atoms with Gasteiger partial charge in [-0.1, -0.05) is 17.7 Å². The highest BCUT2D eigenvalue weighted by molar-refractivity contribution is 6.05. The Balaban J connectivity index is 1.62. The highest BCUT2D eigenvalue weighted by Gasteiger charge is 2.35. The van der Waals surface area contributed by atoms with Crippen molar-refractivity contribution >= 4 is 17.9 Å². The molecule has 0 spiro atoms. The van der Waals surface area contributed by atoms with Crippen molar-refractivity contribution in [2.75, 3.05) is 14.2 Å². The number of ether oxygens (including phenoxy) is 3. The molecule has 3 aromatic rings. The number of methoxy groups -OCH3 is 2. The number of amides is 2. The Morgan fingerprint density at radius 3 is 2.53 bits per heavy atom. The van der Waals surface area contributed by atoms with Gasteiger partial charge >= 0.3 is 0 Å². The average Bonchev–Trinajstić information content (AvgIpc) is 3.36. The van der Waals surface area contributed by atoms with Crippen molar-refractivity contribution in [3.8, 4) is 17.2 Å². The van der Waals surface area contributed by atoms with Crippen LogP contribution in [0.25, 0.3) is 6.08 Å². The summed E-state index contributed by atoms with van der Waals surface area (Å²) in [6, 6.07) is 13.8. The van der Waals surface area contributed by atoms with Crippen molar-refractivity contribution in [2.45, 2.75) is 38.8 Å². The minimum atomic E-state index is -0.479. The Morgan fingerprint density at radius 1 is 1.06 bits per heavy atom. The van der Waals surface area contributed by atoms with E-state index in [0.29, 0.717) is 29.2 Å². The van der Waals surface area contributed by atoms with Gasteiger partial charge in [-0.15, -0.1) is 0 Å². The van der Waals surface area contributed by atoms with Crippen LogP contribution in [0.1, 0.15) is 53.6 Å². The number of aryl methyl sites for hydroxylation is 1. The number of fused-ring (bicyclic) bond motifs is 1. The summed E-state index contributed by atoms with van der Waals surface area (Å²) in [4.78, 5) is 26.6. The molecule has 8 nitrogen and oxygen atoms in total. The first-order valence-corrected chi connectivity index (χ1v) is 11.6. The predicted octanol–water partition coefficient (Wildman–Crippen LogP) is 4.79. The molecule has 0 fully saturated rings. The molecule has 8 heteroatoms. The molecule has 4 rings (SSSR count). The van der Waals surface area contributed by atoms with Crippen LogP contribution in [0.2, 0.25) is 0 Å². The molecule has 0 saturated carbocycles. The number of furan rings is 1. The fourth-order valence-corrected chi connectivity index (χ4v) is 4.18. The van der Waals surface area contributed by atoms with E-state index in [1.165, 1.54) is 26.6 Å². The second-order valence-corrected chi connectivity index (χ2v) is 9.23. The topological polar surface area (TPSA) is 99.0 Å². The van der Waals surface area contributed by atoms with Crippen molar-refractivity contribution in [1.29, 1.82) is 0 Å². The molecule has 2 amide bonds. The number of nitrogens with one attached hydrogen (secondary N) is 2. The third kappa shape index (κ3) is 5.54. The van der Waals surface area contributed by atoms with Crippen LogP contribution in [0, 0.1) is 6.92 Å². The molecule has 0 bridgehead atoms. The number of benzene rings is 2. The summed E-state index contributed by atoms with van der Waals surface area (Å²) >= 11 is 0. The molecule has 1 aromatic heterocycles. The van der Waals surface area contributed by atoms with Crippen molar-refractivity contribution in [3.05, 3.63) is 82.9 Å². The van der Waals surface area contributed by atoms with Crippen molar-refractivity contribution < 1.29 is 28.2 Å². The molecule has 0 unspecified atom stereocenters. The fourth-order valence-electron chi connectivity index (χ4n) is 4.18. The molecule has 2 N–H and O–H groups in total. The van der Waals surface area contributed by atoms with Gasteiger partial charge in [0.05, 0.1) is 26.5 Å². The Hall–Kier alpha value is -4.20. The highest BCUT2D eigenvalue weighted by atomic mass is 16.5. The smallest absolute Gasteiger partial charge is 0.268 e. The SMILES string of the molecule is COc1ccc(C(=O)N/C(=C\c2ccco2)C(=O)N[C@@H]2CC(C)(C)Oc3ccc(C)cc32)cc1OC. The summed E-state index contributed by atoms with van der Waals surface area (Å²) in [5.41, 5.74) is 1.83. The summed E-state index contributed by atoms with van der Waals surface area (Å²) in [5.74, 6) is 1.13. The maximum Gasteiger partial charge on any atom is 0.268 e.